The molecule has 2 aromatic rings. The maximum absolute atomic E-state index is 12.3. The van der Waals surface area contributed by atoms with Gasteiger partial charge < -0.3 is 10.2 Å². The highest BCUT2D eigenvalue weighted by atomic mass is 16.2. The first-order valence-electron chi connectivity index (χ1n) is 8.90. The van der Waals surface area contributed by atoms with Crippen LogP contribution in [0.25, 0.3) is 0 Å². The van der Waals surface area contributed by atoms with E-state index in [1.54, 1.807) is 29.2 Å². The topological polar surface area (TPSA) is 73.2 Å². The molecule has 0 heterocycles. The first kappa shape index (κ1) is 20.2. The van der Waals surface area contributed by atoms with Crippen LogP contribution in [0.2, 0.25) is 0 Å². The fraction of sp³-hybridized carbons (Fsp3) is 0.318. The summed E-state index contributed by atoms with van der Waals surface area (Å²) in [5.41, 5.74) is 2.82. The number of hydrogen-bond acceptors (Lipinski definition) is 3. The monoisotopic (exact) mass is 363 g/mol. The predicted octanol–water partition coefficient (Wildman–Crippen LogP) is 4.24. The molecule has 0 aliphatic carbocycles. The molecular formula is C22H25N3O2. The van der Waals surface area contributed by atoms with Crippen molar-refractivity contribution in [2.24, 2.45) is 0 Å². The Morgan fingerprint density at radius 2 is 1.81 bits per heavy atom. The fourth-order valence-electron chi connectivity index (χ4n) is 2.89. The molecule has 2 amide bonds. The molecule has 0 aromatic heterocycles. The molecule has 5 heteroatoms. The molecule has 140 valence electrons. The van der Waals surface area contributed by atoms with E-state index in [4.69, 9.17) is 5.26 Å². The number of rotatable bonds is 5. The highest BCUT2D eigenvalue weighted by Crippen LogP contribution is 2.32. The van der Waals surface area contributed by atoms with Crippen molar-refractivity contribution >= 4 is 23.2 Å². The van der Waals surface area contributed by atoms with Crippen molar-refractivity contribution in [3.8, 4) is 6.07 Å². The molecule has 0 unspecified atom stereocenters. The Morgan fingerprint density at radius 3 is 2.44 bits per heavy atom. The molecule has 0 atom stereocenters. The lowest BCUT2D eigenvalue weighted by molar-refractivity contribution is -0.117. The van der Waals surface area contributed by atoms with Gasteiger partial charge in [-0.1, -0.05) is 45.0 Å². The minimum atomic E-state index is -0.204. The Morgan fingerprint density at radius 1 is 1.11 bits per heavy atom. The van der Waals surface area contributed by atoms with Gasteiger partial charge in [-0.05, 0) is 35.2 Å². The van der Waals surface area contributed by atoms with Crippen molar-refractivity contribution in [2.75, 3.05) is 16.8 Å². The van der Waals surface area contributed by atoms with Gasteiger partial charge >= 0.3 is 0 Å². The Balaban J connectivity index is 2.13. The van der Waals surface area contributed by atoms with Crippen LogP contribution in [0.15, 0.2) is 48.5 Å². The summed E-state index contributed by atoms with van der Waals surface area (Å²) in [4.78, 5) is 26.2. The summed E-state index contributed by atoms with van der Waals surface area (Å²) in [7, 11) is 0. The lowest BCUT2D eigenvalue weighted by Gasteiger charge is -2.29. The fourth-order valence-corrected chi connectivity index (χ4v) is 2.89. The van der Waals surface area contributed by atoms with E-state index >= 15 is 0 Å². The number of amides is 2. The van der Waals surface area contributed by atoms with Gasteiger partial charge in [0, 0.05) is 31.3 Å². The molecule has 0 aliphatic heterocycles. The van der Waals surface area contributed by atoms with Gasteiger partial charge in [-0.25, -0.2) is 0 Å². The standard InChI is InChI=1S/C22H25N3O2/c1-16(26)25(20-11-6-5-10-19(20)22(2,3)4)13-12-21(27)24-18-9-7-8-17(14-18)15-23/h5-11,14H,12-13H2,1-4H3,(H,24,27). The SMILES string of the molecule is CC(=O)N(CCC(=O)Nc1cccc(C#N)c1)c1ccccc1C(C)(C)C. The van der Waals surface area contributed by atoms with E-state index in [9.17, 15) is 9.59 Å². The molecule has 0 saturated heterocycles. The lowest BCUT2D eigenvalue weighted by atomic mass is 9.85. The number of carbonyl (C=O) groups excluding carboxylic acids is 2. The number of nitrogens with zero attached hydrogens (tertiary/aromatic N) is 2. The molecule has 0 saturated carbocycles. The molecule has 0 spiro atoms. The van der Waals surface area contributed by atoms with Crippen LogP contribution in [0, 0.1) is 11.3 Å². The highest BCUT2D eigenvalue weighted by molar-refractivity contribution is 5.95. The molecule has 27 heavy (non-hydrogen) atoms. The summed E-state index contributed by atoms with van der Waals surface area (Å²) < 4.78 is 0. The molecular weight excluding hydrogens is 338 g/mol. The van der Waals surface area contributed by atoms with E-state index in [2.05, 4.69) is 26.1 Å². The number of benzene rings is 2. The minimum absolute atomic E-state index is 0.106. The largest absolute Gasteiger partial charge is 0.326 e. The van der Waals surface area contributed by atoms with Gasteiger partial charge in [-0.3, -0.25) is 9.59 Å². The van der Waals surface area contributed by atoms with Crippen molar-refractivity contribution in [3.63, 3.8) is 0 Å². The Labute approximate surface area is 160 Å². The molecule has 0 radical (unpaired) electrons. The molecule has 2 rings (SSSR count). The van der Waals surface area contributed by atoms with Gasteiger partial charge in [0.25, 0.3) is 0 Å². The third kappa shape index (κ3) is 5.42. The van der Waals surface area contributed by atoms with Crippen molar-refractivity contribution in [3.05, 3.63) is 59.7 Å². The van der Waals surface area contributed by atoms with E-state index in [0.29, 0.717) is 11.3 Å². The van der Waals surface area contributed by atoms with Crippen LogP contribution >= 0.6 is 0 Å². The van der Waals surface area contributed by atoms with Gasteiger partial charge in [0.15, 0.2) is 0 Å². The Hall–Kier alpha value is -3.13. The molecule has 0 bridgehead atoms. The average Bonchev–Trinajstić information content (AvgIpc) is 2.61. The maximum Gasteiger partial charge on any atom is 0.226 e. The highest BCUT2D eigenvalue weighted by Gasteiger charge is 2.23. The number of nitriles is 1. The predicted molar refractivity (Wildman–Crippen MR) is 108 cm³/mol. The van der Waals surface area contributed by atoms with Crippen LogP contribution < -0.4 is 10.2 Å². The smallest absolute Gasteiger partial charge is 0.226 e. The summed E-state index contributed by atoms with van der Waals surface area (Å²) in [5.74, 6) is -0.310. The summed E-state index contributed by atoms with van der Waals surface area (Å²) in [6, 6.07) is 16.6. The summed E-state index contributed by atoms with van der Waals surface area (Å²) >= 11 is 0. The van der Waals surface area contributed by atoms with Crippen molar-refractivity contribution in [1.29, 1.82) is 5.26 Å². The summed E-state index contributed by atoms with van der Waals surface area (Å²) in [5, 5.41) is 11.7. The second-order valence-corrected chi connectivity index (χ2v) is 7.43. The number of carbonyl (C=O) groups is 2. The summed E-state index contributed by atoms with van der Waals surface area (Å²) in [6.07, 6.45) is 0.162. The van der Waals surface area contributed by atoms with E-state index in [1.807, 2.05) is 30.3 Å². The first-order chi connectivity index (χ1) is 12.7. The van der Waals surface area contributed by atoms with Crippen molar-refractivity contribution in [1.82, 2.24) is 0 Å². The number of nitrogens with one attached hydrogen (secondary N) is 1. The van der Waals surface area contributed by atoms with Gasteiger partial charge in [-0.15, -0.1) is 0 Å². The number of hydrogen-bond donors (Lipinski definition) is 1. The first-order valence-corrected chi connectivity index (χ1v) is 8.90. The minimum Gasteiger partial charge on any atom is -0.326 e. The third-order valence-corrected chi connectivity index (χ3v) is 4.22. The van der Waals surface area contributed by atoms with E-state index in [0.717, 1.165) is 11.3 Å². The third-order valence-electron chi connectivity index (χ3n) is 4.22. The van der Waals surface area contributed by atoms with Crippen LogP contribution in [-0.4, -0.2) is 18.4 Å². The van der Waals surface area contributed by atoms with E-state index < -0.39 is 0 Å². The Kier molecular flexibility index (Phi) is 6.36. The second-order valence-electron chi connectivity index (χ2n) is 7.43. The van der Waals surface area contributed by atoms with E-state index in [-0.39, 0.29) is 30.2 Å². The zero-order valence-corrected chi connectivity index (χ0v) is 16.2. The molecule has 5 nitrogen and oxygen atoms in total. The lowest BCUT2D eigenvalue weighted by Crippen LogP contribution is -2.34. The second kappa shape index (κ2) is 8.50. The molecule has 1 N–H and O–H groups in total. The van der Waals surface area contributed by atoms with Gasteiger partial charge in [0.2, 0.25) is 11.8 Å². The molecule has 2 aromatic carbocycles. The van der Waals surface area contributed by atoms with E-state index in [1.165, 1.54) is 6.92 Å². The molecule has 0 aliphatic rings. The maximum atomic E-state index is 12.3. The van der Waals surface area contributed by atoms with Gasteiger partial charge in [-0.2, -0.15) is 5.26 Å². The summed E-state index contributed by atoms with van der Waals surface area (Å²) in [6.45, 7) is 8.08. The van der Waals surface area contributed by atoms with Crippen LogP contribution in [-0.2, 0) is 15.0 Å². The van der Waals surface area contributed by atoms with Gasteiger partial charge in [0.1, 0.15) is 0 Å². The quantitative estimate of drug-likeness (QED) is 0.863. The van der Waals surface area contributed by atoms with Crippen molar-refractivity contribution < 1.29 is 9.59 Å². The average molecular weight is 363 g/mol. The normalized spacial score (nSPS) is 10.8. The van der Waals surface area contributed by atoms with Gasteiger partial charge in [0.05, 0.1) is 11.6 Å². The van der Waals surface area contributed by atoms with Crippen LogP contribution in [0.5, 0.6) is 0 Å². The molecule has 0 fully saturated rings. The zero-order valence-electron chi connectivity index (χ0n) is 16.2. The van der Waals surface area contributed by atoms with Crippen LogP contribution in [0.3, 0.4) is 0 Å². The Bertz CT molecular complexity index is 876. The number of para-hydroxylation sites is 1. The van der Waals surface area contributed by atoms with Crippen LogP contribution in [0.1, 0.15) is 45.2 Å². The zero-order chi connectivity index (χ0) is 20.0. The number of anilines is 2. The van der Waals surface area contributed by atoms with Crippen LogP contribution in [0.4, 0.5) is 11.4 Å². The van der Waals surface area contributed by atoms with Crippen molar-refractivity contribution in [2.45, 2.75) is 39.5 Å².